The molecule has 96 valence electrons. The highest BCUT2D eigenvalue weighted by atomic mass is 16.3. The molecule has 0 aliphatic carbocycles. The first-order valence-electron chi connectivity index (χ1n) is 6.02. The van der Waals surface area contributed by atoms with Crippen molar-refractivity contribution in [2.75, 3.05) is 6.61 Å². The second kappa shape index (κ2) is 7.63. The van der Waals surface area contributed by atoms with E-state index in [1.807, 2.05) is 13.8 Å². The number of aliphatic hydroxyl groups excluding tert-OH is 1. The van der Waals surface area contributed by atoms with Gasteiger partial charge in [0.05, 0.1) is 12.6 Å². The molecule has 0 fully saturated rings. The molecule has 0 spiro atoms. The first-order valence-corrected chi connectivity index (χ1v) is 6.02. The van der Waals surface area contributed by atoms with Crippen LogP contribution in [0.15, 0.2) is 0 Å². The molecule has 2 atom stereocenters. The van der Waals surface area contributed by atoms with Gasteiger partial charge in [0.15, 0.2) is 0 Å². The maximum atomic E-state index is 11.6. The number of aliphatic hydroxyl groups is 1. The summed E-state index contributed by atoms with van der Waals surface area (Å²) in [5.74, 6) is 0.681. The lowest BCUT2D eigenvalue weighted by molar-refractivity contribution is -0.122. The van der Waals surface area contributed by atoms with E-state index in [9.17, 15) is 4.79 Å². The van der Waals surface area contributed by atoms with Crippen LogP contribution >= 0.6 is 0 Å². The Morgan fingerprint density at radius 1 is 1.31 bits per heavy atom. The molecule has 16 heavy (non-hydrogen) atoms. The van der Waals surface area contributed by atoms with Gasteiger partial charge in [-0.25, -0.2) is 0 Å². The third kappa shape index (κ3) is 6.80. The molecule has 0 aromatic heterocycles. The minimum Gasteiger partial charge on any atom is -0.394 e. The molecule has 0 saturated carbocycles. The van der Waals surface area contributed by atoms with Crippen molar-refractivity contribution in [1.82, 2.24) is 5.32 Å². The van der Waals surface area contributed by atoms with E-state index in [1.165, 1.54) is 0 Å². The molecule has 1 amide bonds. The van der Waals surface area contributed by atoms with Crippen LogP contribution in [0.3, 0.4) is 0 Å². The van der Waals surface area contributed by atoms with Crippen molar-refractivity contribution in [3.63, 3.8) is 0 Å². The Kier molecular flexibility index (Phi) is 7.34. The van der Waals surface area contributed by atoms with E-state index in [4.69, 9.17) is 10.8 Å². The van der Waals surface area contributed by atoms with Crippen molar-refractivity contribution in [2.24, 2.45) is 17.6 Å². The second-order valence-electron chi connectivity index (χ2n) is 5.19. The molecule has 0 aliphatic heterocycles. The zero-order valence-electron chi connectivity index (χ0n) is 10.9. The van der Waals surface area contributed by atoms with Gasteiger partial charge >= 0.3 is 0 Å². The van der Waals surface area contributed by atoms with Gasteiger partial charge in [-0.15, -0.1) is 0 Å². The summed E-state index contributed by atoms with van der Waals surface area (Å²) in [6, 6.07) is -0.259. The maximum absolute atomic E-state index is 11.6. The molecule has 0 aromatic carbocycles. The number of nitrogens with two attached hydrogens (primary N) is 1. The number of nitrogens with one attached hydrogen (secondary N) is 1. The molecule has 0 saturated heterocycles. The summed E-state index contributed by atoms with van der Waals surface area (Å²) in [6.07, 6.45) is 1.12. The Labute approximate surface area is 98.6 Å². The molecule has 4 nitrogen and oxygen atoms in total. The zero-order chi connectivity index (χ0) is 12.7. The van der Waals surface area contributed by atoms with E-state index in [0.717, 1.165) is 6.42 Å². The Bertz CT molecular complexity index is 205. The van der Waals surface area contributed by atoms with Gasteiger partial charge in [-0.3, -0.25) is 4.79 Å². The fourth-order valence-corrected chi connectivity index (χ4v) is 1.48. The largest absolute Gasteiger partial charge is 0.394 e. The van der Waals surface area contributed by atoms with Crippen LogP contribution in [-0.4, -0.2) is 29.7 Å². The molecule has 0 aromatic rings. The number of carbonyl (C=O) groups excluding carboxylic acids is 1. The van der Waals surface area contributed by atoms with E-state index < -0.39 is 0 Å². The fraction of sp³-hybridized carbons (Fsp3) is 0.917. The summed E-state index contributed by atoms with van der Waals surface area (Å²) in [5.41, 5.74) is 5.81. The van der Waals surface area contributed by atoms with E-state index in [0.29, 0.717) is 18.3 Å². The molecule has 4 heteroatoms. The molecule has 0 heterocycles. The minimum absolute atomic E-state index is 0.0131. The fourth-order valence-electron chi connectivity index (χ4n) is 1.48. The van der Waals surface area contributed by atoms with Crippen LogP contribution in [-0.2, 0) is 4.79 Å². The van der Waals surface area contributed by atoms with E-state index in [2.05, 4.69) is 19.2 Å². The van der Waals surface area contributed by atoms with Gasteiger partial charge in [0.2, 0.25) is 5.91 Å². The average Bonchev–Trinajstić information content (AvgIpc) is 2.15. The predicted octanol–water partition coefficient (Wildman–Crippen LogP) is 0.883. The average molecular weight is 230 g/mol. The standard InChI is InChI=1S/C12H26N2O2/c1-8(2)5-10(7-15)14-12(16)6-11(13)9(3)4/h8-11,15H,5-7,13H2,1-4H3,(H,14,16). The molecular formula is C12H26N2O2. The summed E-state index contributed by atoms with van der Waals surface area (Å²) in [6.45, 7) is 8.11. The Hall–Kier alpha value is -0.610. The Balaban J connectivity index is 4.01. The highest BCUT2D eigenvalue weighted by Crippen LogP contribution is 2.06. The van der Waals surface area contributed by atoms with Gasteiger partial charge in [0.25, 0.3) is 0 Å². The SMILES string of the molecule is CC(C)CC(CO)NC(=O)CC(N)C(C)C. The summed E-state index contributed by atoms with van der Waals surface area (Å²) in [5, 5.41) is 11.9. The second-order valence-corrected chi connectivity index (χ2v) is 5.19. The van der Waals surface area contributed by atoms with Crippen molar-refractivity contribution >= 4 is 5.91 Å². The van der Waals surface area contributed by atoms with Crippen LogP contribution in [0.2, 0.25) is 0 Å². The van der Waals surface area contributed by atoms with E-state index in [-0.39, 0.29) is 24.6 Å². The summed E-state index contributed by atoms with van der Waals surface area (Å²) in [4.78, 5) is 11.6. The lowest BCUT2D eigenvalue weighted by Crippen LogP contribution is -2.42. The summed E-state index contributed by atoms with van der Waals surface area (Å²) < 4.78 is 0. The van der Waals surface area contributed by atoms with E-state index >= 15 is 0 Å². The minimum atomic E-state index is -0.146. The quantitative estimate of drug-likeness (QED) is 0.608. The van der Waals surface area contributed by atoms with Gasteiger partial charge in [-0.2, -0.15) is 0 Å². The van der Waals surface area contributed by atoms with Crippen LogP contribution in [0.4, 0.5) is 0 Å². The highest BCUT2D eigenvalue weighted by Gasteiger charge is 2.16. The first-order chi connectivity index (χ1) is 7.36. The van der Waals surface area contributed by atoms with Gasteiger partial charge in [-0.05, 0) is 18.3 Å². The van der Waals surface area contributed by atoms with Gasteiger partial charge in [0.1, 0.15) is 0 Å². The molecule has 0 rings (SSSR count). The number of carbonyl (C=O) groups is 1. The van der Waals surface area contributed by atoms with Crippen LogP contribution in [0, 0.1) is 11.8 Å². The molecule has 2 unspecified atom stereocenters. The van der Waals surface area contributed by atoms with Crippen LogP contribution < -0.4 is 11.1 Å². The van der Waals surface area contributed by atoms with Crippen molar-refractivity contribution in [3.8, 4) is 0 Å². The molecule has 0 bridgehead atoms. The summed E-state index contributed by atoms with van der Waals surface area (Å²) >= 11 is 0. The first kappa shape index (κ1) is 15.4. The highest BCUT2D eigenvalue weighted by molar-refractivity contribution is 5.76. The maximum Gasteiger partial charge on any atom is 0.221 e. The van der Waals surface area contributed by atoms with Gasteiger partial charge in [-0.1, -0.05) is 27.7 Å². The Morgan fingerprint density at radius 3 is 2.25 bits per heavy atom. The molecular weight excluding hydrogens is 204 g/mol. The summed E-state index contributed by atoms with van der Waals surface area (Å²) in [7, 11) is 0. The topological polar surface area (TPSA) is 75.3 Å². The number of hydrogen-bond acceptors (Lipinski definition) is 3. The van der Waals surface area contributed by atoms with Crippen molar-refractivity contribution in [1.29, 1.82) is 0 Å². The molecule has 4 N–H and O–H groups in total. The van der Waals surface area contributed by atoms with Crippen molar-refractivity contribution in [2.45, 2.75) is 52.6 Å². The predicted molar refractivity (Wildman–Crippen MR) is 65.9 cm³/mol. The molecule has 0 radical (unpaired) electrons. The zero-order valence-corrected chi connectivity index (χ0v) is 10.9. The van der Waals surface area contributed by atoms with Crippen molar-refractivity contribution in [3.05, 3.63) is 0 Å². The number of rotatable bonds is 7. The van der Waals surface area contributed by atoms with Crippen LogP contribution in [0.1, 0.15) is 40.5 Å². The monoisotopic (exact) mass is 230 g/mol. The number of hydrogen-bond donors (Lipinski definition) is 3. The van der Waals surface area contributed by atoms with Gasteiger partial charge in [0, 0.05) is 12.5 Å². The van der Waals surface area contributed by atoms with E-state index in [1.54, 1.807) is 0 Å². The normalized spacial score (nSPS) is 15.2. The lowest BCUT2D eigenvalue weighted by atomic mass is 10.0. The van der Waals surface area contributed by atoms with Crippen molar-refractivity contribution < 1.29 is 9.90 Å². The Morgan fingerprint density at radius 2 is 1.88 bits per heavy atom. The van der Waals surface area contributed by atoms with Gasteiger partial charge < -0.3 is 16.2 Å². The molecule has 0 aliphatic rings. The lowest BCUT2D eigenvalue weighted by Gasteiger charge is -2.20. The third-order valence-electron chi connectivity index (χ3n) is 2.62. The van der Waals surface area contributed by atoms with Crippen LogP contribution in [0.5, 0.6) is 0 Å². The number of amides is 1. The van der Waals surface area contributed by atoms with Crippen LogP contribution in [0.25, 0.3) is 0 Å². The third-order valence-corrected chi connectivity index (χ3v) is 2.62. The smallest absolute Gasteiger partial charge is 0.221 e.